The van der Waals surface area contributed by atoms with Crippen molar-refractivity contribution in [3.8, 4) is 0 Å². The largest absolute Gasteiger partial charge is 0.506 e. The van der Waals surface area contributed by atoms with Crippen molar-refractivity contribution in [1.29, 1.82) is 0 Å². The van der Waals surface area contributed by atoms with Crippen molar-refractivity contribution in [2.45, 2.75) is 122 Å². The maximum absolute atomic E-state index is 11.5. The molecule has 6 rings (SSSR count). The Morgan fingerprint density at radius 1 is 1.09 bits per heavy atom. The summed E-state index contributed by atoms with van der Waals surface area (Å²) in [5, 5.41) is 20.7. The molecule has 4 fully saturated rings. The average molecular weight is 617 g/mol. The fraction of sp³-hybridized carbons (Fsp3) is 0.657. The minimum Gasteiger partial charge on any atom is -0.461 e. The number of ether oxygens (including phenoxy) is 5. The number of carbonyl (C=O) groups excluding carboxylic acids is 1. The van der Waals surface area contributed by atoms with Gasteiger partial charge in [0.2, 0.25) is 0 Å². The van der Waals surface area contributed by atoms with E-state index in [4.69, 9.17) is 23.7 Å². The van der Waals surface area contributed by atoms with E-state index < -0.39 is 29.1 Å². The first-order valence-corrected chi connectivity index (χ1v) is 16.0. The summed E-state index contributed by atoms with van der Waals surface area (Å²) in [4.78, 5) is 21.9. The lowest BCUT2D eigenvalue weighted by molar-refractivity contribution is -0.169. The van der Waals surface area contributed by atoms with Gasteiger partial charge in [0.05, 0.1) is 25.4 Å². The first kappa shape index (κ1) is 35.8. The Balaban J connectivity index is 0.000000277. The highest BCUT2D eigenvalue weighted by molar-refractivity contribution is 5.65. The standard InChI is InChI=1S/C21H28O7.C9H10O2.C3H8.C2H6/c1-4-5-12-9-25-10-14(12)13-6-15-21(28-15)17(26-18(22)23)19(24,11(2)3)8-16-20(21,7-13)27-16;1-8(10)11-7-9-5-3-2-4-6-9;1-3-2;1-2/h4,11,13,15-17,24H,1,5-10H2,2-3H3,(H,22,23);2-6H,7H2,1H3;3H2,1-2H3;1-2H3. The third-order valence-corrected chi connectivity index (χ3v) is 9.01. The van der Waals surface area contributed by atoms with Gasteiger partial charge >= 0.3 is 12.1 Å². The number of carboxylic acid groups (broad SMARTS) is 1. The van der Waals surface area contributed by atoms with Crippen LogP contribution in [0.4, 0.5) is 4.79 Å². The van der Waals surface area contributed by atoms with E-state index in [1.54, 1.807) is 0 Å². The molecule has 1 aromatic carbocycles. The number of allylic oxidation sites excluding steroid dienone is 1. The zero-order valence-electron chi connectivity index (χ0n) is 27.5. The Morgan fingerprint density at radius 3 is 2.32 bits per heavy atom. The second-order valence-electron chi connectivity index (χ2n) is 12.2. The SMILES string of the molecule is C=CCC1=C(C2CC3OC34C(OC(=O)O)C(O)(C(C)C)CC3OC34C2)COC1.CC.CC(=O)OCc1ccccc1.CCC. The lowest BCUT2D eigenvalue weighted by Crippen LogP contribution is -2.67. The van der Waals surface area contributed by atoms with Crippen LogP contribution in [0.25, 0.3) is 0 Å². The molecular weight excluding hydrogens is 564 g/mol. The van der Waals surface area contributed by atoms with E-state index in [9.17, 15) is 19.8 Å². The molecule has 0 aromatic heterocycles. The van der Waals surface area contributed by atoms with Gasteiger partial charge in [-0.2, -0.15) is 0 Å². The van der Waals surface area contributed by atoms with Gasteiger partial charge in [0.25, 0.3) is 0 Å². The van der Waals surface area contributed by atoms with Crippen molar-refractivity contribution in [2.75, 3.05) is 13.2 Å². The molecule has 0 radical (unpaired) electrons. The summed E-state index contributed by atoms with van der Waals surface area (Å²) in [6.45, 7) is 18.9. The predicted octanol–water partition coefficient (Wildman–Crippen LogP) is 6.62. The maximum Gasteiger partial charge on any atom is 0.506 e. The summed E-state index contributed by atoms with van der Waals surface area (Å²) in [6, 6.07) is 9.60. The summed E-state index contributed by atoms with van der Waals surface area (Å²) in [5.74, 6) is -0.145. The van der Waals surface area contributed by atoms with Gasteiger partial charge in [-0.05, 0) is 47.8 Å². The number of aliphatic hydroxyl groups is 1. The van der Waals surface area contributed by atoms with Crippen LogP contribution in [0.2, 0.25) is 0 Å². The van der Waals surface area contributed by atoms with Gasteiger partial charge in [-0.1, -0.05) is 84.4 Å². The highest BCUT2D eigenvalue weighted by Crippen LogP contribution is 2.73. The quantitative estimate of drug-likeness (QED) is 0.197. The molecule has 7 atom stereocenters. The molecule has 9 heteroatoms. The Bertz CT molecular complexity index is 1160. The lowest BCUT2D eigenvalue weighted by atomic mass is 9.58. The minimum absolute atomic E-state index is 0.132. The predicted molar refractivity (Wildman–Crippen MR) is 167 cm³/mol. The highest BCUT2D eigenvalue weighted by Gasteiger charge is 2.90. The number of esters is 1. The molecule has 9 nitrogen and oxygen atoms in total. The van der Waals surface area contributed by atoms with Crippen molar-refractivity contribution in [1.82, 2.24) is 0 Å². The van der Waals surface area contributed by atoms with Crippen LogP contribution < -0.4 is 0 Å². The Morgan fingerprint density at radius 2 is 1.75 bits per heavy atom. The highest BCUT2D eigenvalue weighted by atomic mass is 16.7. The summed E-state index contributed by atoms with van der Waals surface area (Å²) in [7, 11) is 0. The van der Waals surface area contributed by atoms with Crippen LogP contribution in [0.15, 0.2) is 54.1 Å². The Labute approximate surface area is 262 Å². The van der Waals surface area contributed by atoms with Gasteiger partial charge in [0.15, 0.2) is 11.7 Å². The molecule has 3 aliphatic heterocycles. The summed E-state index contributed by atoms with van der Waals surface area (Å²) in [5.41, 5.74) is 0.873. The molecule has 2 aliphatic carbocycles. The van der Waals surface area contributed by atoms with E-state index in [-0.39, 0.29) is 30.0 Å². The molecule has 44 heavy (non-hydrogen) atoms. The summed E-state index contributed by atoms with van der Waals surface area (Å²) in [6.07, 6.45) is 3.22. The van der Waals surface area contributed by atoms with E-state index >= 15 is 0 Å². The van der Waals surface area contributed by atoms with Crippen molar-refractivity contribution in [2.24, 2.45) is 11.8 Å². The van der Waals surface area contributed by atoms with E-state index in [0.717, 1.165) is 24.8 Å². The number of benzene rings is 1. The van der Waals surface area contributed by atoms with Crippen LogP contribution >= 0.6 is 0 Å². The number of carbonyl (C=O) groups is 2. The molecule has 0 bridgehead atoms. The van der Waals surface area contributed by atoms with Gasteiger partial charge in [-0.3, -0.25) is 4.79 Å². The second kappa shape index (κ2) is 15.0. The first-order valence-electron chi connectivity index (χ1n) is 16.0. The van der Waals surface area contributed by atoms with Crippen molar-refractivity contribution >= 4 is 12.1 Å². The zero-order valence-corrected chi connectivity index (χ0v) is 27.5. The van der Waals surface area contributed by atoms with Crippen molar-refractivity contribution in [3.05, 3.63) is 59.7 Å². The summed E-state index contributed by atoms with van der Waals surface area (Å²) >= 11 is 0. The lowest BCUT2D eigenvalue weighted by Gasteiger charge is -2.48. The van der Waals surface area contributed by atoms with Crippen LogP contribution in [0.3, 0.4) is 0 Å². The van der Waals surface area contributed by atoms with E-state index in [0.29, 0.717) is 26.2 Å². The van der Waals surface area contributed by atoms with Crippen molar-refractivity contribution in [3.63, 3.8) is 0 Å². The third-order valence-electron chi connectivity index (χ3n) is 9.01. The van der Waals surface area contributed by atoms with Crippen LogP contribution in [0.1, 0.15) is 86.1 Å². The molecule has 0 amide bonds. The molecule has 5 aliphatic rings. The molecule has 7 unspecified atom stereocenters. The number of epoxide rings is 2. The fourth-order valence-electron chi connectivity index (χ4n) is 6.94. The zero-order chi connectivity index (χ0) is 32.7. The van der Waals surface area contributed by atoms with E-state index in [2.05, 4.69) is 20.4 Å². The topological polar surface area (TPSA) is 127 Å². The molecular formula is C35H52O9. The van der Waals surface area contributed by atoms with Gasteiger partial charge in [-0.15, -0.1) is 6.58 Å². The average Bonchev–Trinajstić information content (AvgIpc) is 3.84. The second-order valence-corrected chi connectivity index (χ2v) is 12.2. The molecule has 2 N–H and O–H groups in total. The maximum atomic E-state index is 11.5. The van der Waals surface area contributed by atoms with Gasteiger partial charge in [0.1, 0.15) is 17.8 Å². The molecule has 1 aromatic rings. The van der Waals surface area contributed by atoms with E-state index in [1.807, 2.05) is 64.1 Å². The fourth-order valence-corrected chi connectivity index (χ4v) is 6.94. The Kier molecular flexibility index (Phi) is 12.2. The first-order chi connectivity index (χ1) is 21.0. The number of rotatable bonds is 7. The van der Waals surface area contributed by atoms with Crippen LogP contribution in [0, 0.1) is 11.8 Å². The molecule has 2 spiro atoms. The molecule has 2 saturated carbocycles. The Hall–Kier alpha value is -2.72. The van der Waals surface area contributed by atoms with E-state index in [1.165, 1.54) is 24.5 Å². The third kappa shape index (κ3) is 7.06. The number of hydrogen-bond acceptors (Lipinski definition) is 8. The molecule has 3 heterocycles. The summed E-state index contributed by atoms with van der Waals surface area (Å²) < 4.78 is 28.2. The van der Waals surface area contributed by atoms with Gasteiger partial charge in [-0.25, -0.2) is 4.79 Å². The monoisotopic (exact) mass is 616 g/mol. The molecule has 2 saturated heterocycles. The van der Waals surface area contributed by atoms with Crippen LogP contribution in [-0.4, -0.2) is 70.7 Å². The van der Waals surface area contributed by atoms with Gasteiger partial charge in [0, 0.05) is 13.3 Å². The smallest absolute Gasteiger partial charge is 0.461 e. The van der Waals surface area contributed by atoms with Crippen LogP contribution in [-0.2, 0) is 35.1 Å². The van der Waals surface area contributed by atoms with Gasteiger partial charge < -0.3 is 33.9 Å². The van der Waals surface area contributed by atoms with Crippen molar-refractivity contribution < 1.29 is 43.5 Å². The van der Waals surface area contributed by atoms with Crippen LogP contribution in [0.5, 0.6) is 0 Å². The minimum atomic E-state index is -1.38. The number of hydrogen-bond donors (Lipinski definition) is 2. The molecule has 246 valence electrons. The normalized spacial score (nSPS) is 33.8.